The van der Waals surface area contributed by atoms with Crippen LogP contribution in [0.15, 0.2) is 18.2 Å². The van der Waals surface area contributed by atoms with Gasteiger partial charge in [-0.25, -0.2) is 0 Å². The van der Waals surface area contributed by atoms with Crippen LogP contribution in [0.25, 0.3) is 0 Å². The smallest absolute Gasteiger partial charge is 0.324 e. The summed E-state index contributed by atoms with van der Waals surface area (Å²) in [7, 11) is 0. The summed E-state index contributed by atoms with van der Waals surface area (Å²) in [6.45, 7) is 0. The fourth-order valence-electron chi connectivity index (χ4n) is 2.84. The molecule has 2 fully saturated rings. The topological polar surface area (TPSA) is 26.0 Å². The van der Waals surface area contributed by atoms with Gasteiger partial charge >= 0.3 is 6.18 Å². The molecule has 0 bridgehead atoms. The molecule has 0 saturated heterocycles. The summed E-state index contributed by atoms with van der Waals surface area (Å²) < 4.78 is 38.2. The van der Waals surface area contributed by atoms with Crippen molar-refractivity contribution in [2.24, 2.45) is 5.73 Å². The molecule has 0 amide bonds. The first-order chi connectivity index (χ1) is 8.29. The standard InChI is InChI=1S/C13H13ClF3N/c14-10-2-1-8(13(15,16)17)7-9(10)11(3-4-11)12(18)5-6-12/h1-2,7H,3-6,18H2. The van der Waals surface area contributed by atoms with Crippen molar-refractivity contribution in [2.45, 2.75) is 42.8 Å². The van der Waals surface area contributed by atoms with E-state index in [0.717, 1.165) is 31.7 Å². The Balaban J connectivity index is 2.07. The lowest BCUT2D eigenvalue weighted by atomic mass is 9.85. The SMILES string of the molecule is NC1(C2(c3cc(C(F)(F)F)ccc3Cl)CC2)CC1. The van der Waals surface area contributed by atoms with Crippen molar-refractivity contribution in [1.82, 2.24) is 0 Å². The van der Waals surface area contributed by atoms with Crippen molar-refractivity contribution in [3.05, 3.63) is 34.3 Å². The van der Waals surface area contributed by atoms with Gasteiger partial charge in [0.2, 0.25) is 0 Å². The van der Waals surface area contributed by atoms with E-state index in [1.54, 1.807) is 0 Å². The second kappa shape index (κ2) is 3.42. The minimum Gasteiger partial charge on any atom is -0.324 e. The van der Waals surface area contributed by atoms with Gasteiger partial charge in [-0.2, -0.15) is 13.2 Å². The third kappa shape index (κ3) is 1.66. The van der Waals surface area contributed by atoms with Gasteiger partial charge in [0.15, 0.2) is 0 Å². The molecule has 98 valence electrons. The van der Waals surface area contributed by atoms with Crippen LogP contribution in [0.2, 0.25) is 5.02 Å². The highest BCUT2D eigenvalue weighted by molar-refractivity contribution is 6.31. The molecule has 2 saturated carbocycles. The first-order valence-electron chi connectivity index (χ1n) is 5.95. The molecule has 0 radical (unpaired) electrons. The van der Waals surface area contributed by atoms with Crippen LogP contribution in [0, 0.1) is 0 Å². The van der Waals surface area contributed by atoms with Crippen LogP contribution in [-0.2, 0) is 11.6 Å². The van der Waals surface area contributed by atoms with E-state index in [9.17, 15) is 13.2 Å². The molecule has 0 unspecified atom stereocenters. The monoisotopic (exact) mass is 275 g/mol. The highest BCUT2D eigenvalue weighted by Gasteiger charge is 2.64. The van der Waals surface area contributed by atoms with Crippen LogP contribution in [0.1, 0.15) is 36.8 Å². The second-order valence-electron chi connectivity index (χ2n) is 5.43. The zero-order valence-electron chi connectivity index (χ0n) is 9.65. The lowest BCUT2D eigenvalue weighted by Crippen LogP contribution is -2.37. The van der Waals surface area contributed by atoms with E-state index in [4.69, 9.17) is 17.3 Å². The summed E-state index contributed by atoms with van der Waals surface area (Å²) in [5.41, 5.74) is 5.50. The Morgan fingerprint density at radius 1 is 1.11 bits per heavy atom. The maximum Gasteiger partial charge on any atom is 0.416 e. The van der Waals surface area contributed by atoms with Gasteiger partial charge in [-0.05, 0) is 49.4 Å². The molecule has 1 aromatic rings. The third-order valence-corrected chi connectivity index (χ3v) is 4.63. The molecule has 0 spiro atoms. The molecule has 2 aliphatic carbocycles. The second-order valence-corrected chi connectivity index (χ2v) is 5.84. The Morgan fingerprint density at radius 2 is 1.72 bits per heavy atom. The maximum atomic E-state index is 12.7. The number of rotatable bonds is 2. The van der Waals surface area contributed by atoms with Crippen LogP contribution in [-0.4, -0.2) is 5.54 Å². The average molecular weight is 276 g/mol. The minimum atomic E-state index is -4.33. The minimum absolute atomic E-state index is 0.314. The molecule has 0 aromatic heterocycles. The van der Waals surface area contributed by atoms with Crippen molar-refractivity contribution in [3.8, 4) is 0 Å². The Bertz CT molecular complexity index is 501. The van der Waals surface area contributed by atoms with Gasteiger partial charge in [0.25, 0.3) is 0 Å². The Labute approximate surface area is 108 Å². The van der Waals surface area contributed by atoms with Crippen molar-refractivity contribution < 1.29 is 13.2 Å². The Kier molecular flexibility index (Phi) is 2.34. The van der Waals surface area contributed by atoms with Gasteiger partial charge in [0.1, 0.15) is 0 Å². The normalized spacial score (nSPS) is 23.8. The third-order valence-electron chi connectivity index (χ3n) is 4.30. The zero-order chi connectivity index (χ0) is 13.2. The Hall–Kier alpha value is -0.740. The van der Waals surface area contributed by atoms with Gasteiger partial charge in [-0.1, -0.05) is 11.6 Å². The molecule has 5 heteroatoms. The predicted octanol–water partition coefficient (Wildman–Crippen LogP) is 3.88. The number of benzene rings is 1. The predicted molar refractivity (Wildman–Crippen MR) is 63.5 cm³/mol. The highest BCUT2D eigenvalue weighted by Crippen LogP contribution is 2.64. The lowest BCUT2D eigenvalue weighted by Gasteiger charge is -2.25. The van der Waals surface area contributed by atoms with Gasteiger partial charge in [-0.3, -0.25) is 0 Å². The van der Waals surface area contributed by atoms with Gasteiger partial charge in [-0.15, -0.1) is 0 Å². The summed E-state index contributed by atoms with van der Waals surface area (Å²) in [6, 6.07) is 3.55. The summed E-state index contributed by atoms with van der Waals surface area (Å²) >= 11 is 6.08. The van der Waals surface area contributed by atoms with Crippen molar-refractivity contribution in [1.29, 1.82) is 0 Å². The zero-order valence-corrected chi connectivity index (χ0v) is 10.4. The highest BCUT2D eigenvalue weighted by atomic mass is 35.5. The number of halogens is 4. The van der Waals surface area contributed by atoms with E-state index in [2.05, 4.69) is 0 Å². The van der Waals surface area contributed by atoms with E-state index < -0.39 is 11.7 Å². The molecule has 18 heavy (non-hydrogen) atoms. The van der Waals surface area contributed by atoms with E-state index in [-0.39, 0.29) is 11.0 Å². The molecule has 1 aromatic carbocycles. The number of alkyl halides is 3. The molecule has 2 aliphatic rings. The molecule has 0 aliphatic heterocycles. The van der Waals surface area contributed by atoms with Gasteiger partial charge in [0, 0.05) is 16.0 Å². The Morgan fingerprint density at radius 3 is 2.17 bits per heavy atom. The molecule has 0 heterocycles. The quantitative estimate of drug-likeness (QED) is 0.871. The number of nitrogens with two attached hydrogens (primary N) is 1. The molecular weight excluding hydrogens is 263 g/mol. The van der Waals surface area contributed by atoms with Crippen LogP contribution >= 0.6 is 11.6 Å². The first-order valence-corrected chi connectivity index (χ1v) is 6.32. The van der Waals surface area contributed by atoms with Crippen molar-refractivity contribution in [3.63, 3.8) is 0 Å². The first kappa shape index (κ1) is 12.3. The van der Waals surface area contributed by atoms with Gasteiger partial charge in [0.05, 0.1) is 5.56 Å². The molecule has 0 atom stereocenters. The summed E-state index contributed by atoms with van der Waals surface area (Å²) in [4.78, 5) is 0. The summed E-state index contributed by atoms with van der Waals surface area (Å²) in [6.07, 6.45) is -0.908. The van der Waals surface area contributed by atoms with Crippen LogP contribution in [0.5, 0.6) is 0 Å². The van der Waals surface area contributed by atoms with E-state index in [0.29, 0.717) is 10.6 Å². The number of hydrogen-bond acceptors (Lipinski definition) is 1. The average Bonchev–Trinajstić information content (AvgIpc) is 3.13. The van der Waals surface area contributed by atoms with Gasteiger partial charge < -0.3 is 5.73 Å². The van der Waals surface area contributed by atoms with E-state index in [1.165, 1.54) is 12.1 Å². The summed E-state index contributed by atoms with van der Waals surface area (Å²) in [5.74, 6) is 0. The maximum absolute atomic E-state index is 12.7. The van der Waals surface area contributed by atoms with E-state index >= 15 is 0 Å². The molecule has 1 nitrogen and oxygen atoms in total. The number of hydrogen-bond donors (Lipinski definition) is 1. The van der Waals surface area contributed by atoms with Crippen molar-refractivity contribution in [2.75, 3.05) is 0 Å². The summed E-state index contributed by atoms with van der Waals surface area (Å²) in [5, 5.41) is 0.400. The molecular formula is C13H13ClF3N. The van der Waals surface area contributed by atoms with Crippen LogP contribution < -0.4 is 5.73 Å². The van der Waals surface area contributed by atoms with E-state index in [1.807, 2.05) is 0 Å². The fourth-order valence-corrected chi connectivity index (χ4v) is 3.14. The van der Waals surface area contributed by atoms with Crippen LogP contribution in [0.4, 0.5) is 13.2 Å². The molecule has 3 rings (SSSR count). The lowest BCUT2D eigenvalue weighted by molar-refractivity contribution is -0.137. The molecule has 2 N–H and O–H groups in total. The fraction of sp³-hybridized carbons (Fsp3) is 0.538. The van der Waals surface area contributed by atoms with Crippen molar-refractivity contribution >= 4 is 11.6 Å². The van der Waals surface area contributed by atoms with Crippen LogP contribution in [0.3, 0.4) is 0 Å². The largest absolute Gasteiger partial charge is 0.416 e.